The third-order valence-corrected chi connectivity index (χ3v) is 0.175. The van der Waals surface area contributed by atoms with Gasteiger partial charge in [-0.05, 0) is 0 Å². The monoisotopic (exact) mass is 132 g/mol. The van der Waals surface area contributed by atoms with Crippen LogP contribution in [0.15, 0.2) is 0 Å². The summed E-state index contributed by atoms with van der Waals surface area (Å²) in [5, 5.41) is 7.60. The number of carboxylic acid groups (broad SMARTS) is 1. The summed E-state index contributed by atoms with van der Waals surface area (Å²) in [6.07, 6.45) is 0. The first-order valence-electron chi connectivity index (χ1n) is 1.19. The number of aliphatic carboxylic acids is 1. The Hall–Kier alpha value is 0.650. The largest absolute Gasteiger partial charge is 0.480 e. The van der Waals surface area contributed by atoms with Gasteiger partial charge in [0.2, 0.25) is 0 Å². The molecule has 0 spiro atoms. The van der Waals surface area contributed by atoms with Gasteiger partial charge in [-0.15, -0.1) is 0 Å². The van der Waals surface area contributed by atoms with E-state index in [1.54, 1.807) is 0 Å². The maximum Gasteiger partial charge on any atom is 0.317 e. The van der Waals surface area contributed by atoms with E-state index in [1.807, 2.05) is 0 Å². The van der Waals surface area contributed by atoms with Crippen molar-refractivity contribution in [1.82, 2.24) is 6.15 Å². The van der Waals surface area contributed by atoms with Crippen molar-refractivity contribution >= 4 is 43.7 Å². The van der Waals surface area contributed by atoms with Crippen LogP contribution in [0.3, 0.4) is 0 Å². The summed E-state index contributed by atoms with van der Waals surface area (Å²) in [4.78, 5) is 9.24. The molecule has 0 saturated heterocycles. The van der Waals surface area contributed by atoms with Crippen LogP contribution < -0.4 is 11.9 Å². The molecule has 0 rings (SSSR count). The quantitative estimate of drug-likeness (QED) is 0.391. The smallest absolute Gasteiger partial charge is 0.317 e. The van der Waals surface area contributed by atoms with Gasteiger partial charge in [-0.3, -0.25) is 4.79 Å². The van der Waals surface area contributed by atoms with E-state index in [0.717, 1.165) is 0 Å². The van der Waals surface area contributed by atoms with Gasteiger partial charge >= 0.3 is 5.97 Å². The molecule has 0 saturated carbocycles. The fourth-order valence-corrected chi connectivity index (χ4v) is 0. The zero-order valence-corrected chi connectivity index (χ0v) is 6.26. The summed E-state index contributed by atoms with van der Waals surface area (Å²) >= 11 is 0. The van der Waals surface area contributed by atoms with Gasteiger partial charge in [0.1, 0.15) is 0 Å². The third kappa shape index (κ3) is 20.5. The number of rotatable bonds is 1. The molecule has 5 heteroatoms. The molecule has 6 N–H and O–H groups in total. The second-order valence-corrected chi connectivity index (χ2v) is 0.598. The zero-order chi connectivity index (χ0) is 4.28. The van der Waals surface area contributed by atoms with E-state index in [-0.39, 0.29) is 50.4 Å². The Morgan fingerprint density at radius 2 is 1.86 bits per heavy atom. The predicted molar refractivity (Wildman–Crippen MR) is 27.5 cm³/mol. The first-order valence-corrected chi connectivity index (χ1v) is 1.19. The van der Waals surface area contributed by atoms with Crippen LogP contribution in [0.5, 0.6) is 0 Å². The molecular weight excluding hydrogens is 124 g/mol. The molecule has 0 heterocycles. The Morgan fingerprint density at radius 3 is 1.86 bits per heavy atom. The fraction of sp³-hybridized carbons (Fsp3) is 0.500. The molecule has 0 atom stereocenters. The maximum atomic E-state index is 9.24. The molecule has 40 valence electrons. The minimum absolute atomic E-state index is 0. The summed E-state index contributed by atoms with van der Waals surface area (Å²) < 4.78 is 0. The fourth-order valence-electron chi connectivity index (χ4n) is 0. The van der Waals surface area contributed by atoms with Gasteiger partial charge in [0.25, 0.3) is 0 Å². The van der Waals surface area contributed by atoms with E-state index in [2.05, 4.69) is 5.73 Å². The molecular formula is C2H8CaN2O2. The van der Waals surface area contributed by atoms with Gasteiger partial charge in [0.05, 0.1) is 6.54 Å². The Labute approximate surface area is 71.7 Å². The summed E-state index contributed by atoms with van der Waals surface area (Å²) in [6.45, 7) is -0.278. The van der Waals surface area contributed by atoms with E-state index >= 15 is 0 Å². The van der Waals surface area contributed by atoms with Crippen LogP contribution in [0.1, 0.15) is 0 Å². The van der Waals surface area contributed by atoms with Gasteiger partial charge in [-0.25, -0.2) is 0 Å². The number of hydrogen-bond donors (Lipinski definition) is 3. The number of carbonyl (C=O) groups is 1. The predicted octanol–water partition coefficient (Wildman–Crippen LogP) is -1.19. The molecule has 0 amide bonds. The van der Waals surface area contributed by atoms with Crippen molar-refractivity contribution in [3.05, 3.63) is 0 Å². The minimum Gasteiger partial charge on any atom is -0.480 e. The van der Waals surface area contributed by atoms with E-state index in [1.165, 1.54) is 0 Å². The number of nitrogens with two attached hydrogens (primary N) is 1. The number of carboxylic acids is 1. The Morgan fingerprint density at radius 1 is 1.71 bits per heavy atom. The normalized spacial score (nSPS) is 5.29. The molecule has 0 aliphatic carbocycles. The first-order chi connectivity index (χ1) is 2.27. The van der Waals surface area contributed by atoms with E-state index < -0.39 is 5.97 Å². The van der Waals surface area contributed by atoms with Crippen molar-refractivity contribution in [2.24, 2.45) is 5.73 Å². The molecule has 0 bridgehead atoms. The van der Waals surface area contributed by atoms with E-state index in [9.17, 15) is 4.79 Å². The standard InChI is InChI=1S/C2H5NO2.Ca.H3N/c3-1-2(4)5;;/h1,3H2,(H,4,5);;1H3. The van der Waals surface area contributed by atoms with Gasteiger partial charge in [0, 0.05) is 37.7 Å². The van der Waals surface area contributed by atoms with Crippen LogP contribution >= 0.6 is 0 Å². The molecule has 2 radical (unpaired) electrons. The average molecular weight is 132 g/mol. The van der Waals surface area contributed by atoms with Gasteiger partial charge in [-0.2, -0.15) is 0 Å². The average Bonchev–Trinajstić information content (AvgIpc) is 1.38. The molecule has 0 aromatic rings. The van der Waals surface area contributed by atoms with Gasteiger partial charge in [-0.1, -0.05) is 0 Å². The summed E-state index contributed by atoms with van der Waals surface area (Å²) in [7, 11) is 0. The van der Waals surface area contributed by atoms with Crippen molar-refractivity contribution in [3.63, 3.8) is 0 Å². The van der Waals surface area contributed by atoms with Crippen LogP contribution in [0.4, 0.5) is 0 Å². The van der Waals surface area contributed by atoms with Gasteiger partial charge < -0.3 is 17.0 Å². The Bertz CT molecular complexity index is 49.0. The van der Waals surface area contributed by atoms with Crippen molar-refractivity contribution in [2.45, 2.75) is 0 Å². The molecule has 0 aromatic carbocycles. The van der Waals surface area contributed by atoms with Crippen molar-refractivity contribution in [1.29, 1.82) is 0 Å². The Kier molecular flexibility index (Phi) is 21.9. The van der Waals surface area contributed by atoms with Crippen molar-refractivity contribution in [3.8, 4) is 0 Å². The van der Waals surface area contributed by atoms with Crippen LogP contribution in [0, 0.1) is 0 Å². The molecule has 4 nitrogen and oxygen atoms in total. The van der Waals surface area contributed by atoms with Crippen LogP contribution in [0.25, 0.3) is 0 Å². The minimum atomic E-state index is -0.968. The summed E-state index contributed by atoms with van der Waals surface area (Å²) in [5.41, 5.74) is 4.57. The molecule has 0 aliphatic heterocycles. The summed E-state index contributed by atoms with van der Waals surface area (Å²) in [5.74, 6) is -0.968. The zero-order valence-electron chi connectivity index (χ0n) is 4.05. The number of hydrogen-bond acceptors (Lipinski definition) is 3. The molecule has 0 unspecified atom stereocenters. The van der Waals surface area contributed by atoms with Crippen LogP contribution in [-0.2, 0) is 4.79 Å². The first kappa shape index (κ1) is 15.6. The molecule has 0 fully saturated rings. The van der Waals surface area contributed by atoms with Gasteiger partial charge in [0.15, 0.2) is 0 Å². The topological polar surface area (TPSA) is 98.3 Å². The second kappa shape index (κ2) is 9.82. The van der Waals surface area contributed by atoms with Crippen LogP contribution in [-0.4, -0.2) is 55.4 Å². The molecule has 0 aliphatic rings. The summed E-state index contributed by atoms with van der Waals surface area (Å²) in [6, 6.07) is 0. The second-order valence-electron chi connectivity index (χ2n) is 0.598. The van der Waals surface area contributed by atoms with Crippen molar-refractivity contribution in [2.75, 3.05) is 6.54 Å². The third-order valence-electron chi connectivity index (χ3n) is 0.175. The Balaban J connectivity index is -0.0000000800. The van der Waals surface area contributed by atoms with E-state index in [4.69, 9.17) is 5.11 Å². The van der Waals surface area contributed by atoms with Crippen LogP contribution in [0.2, 0.25) is 0 Å². The van der Waals surface area contributed by atoms with Crippen molar-refractivity contribution < 1.29 is 9.90 Å². The SMILES string of the molecule is N.NCC(=O)O.[Ca]. The van der Waals surface area contributed by atoms with E-state index in [0.29, 0.717) is 0 Å². The molecule has 7 heavy (non-hydrogen) atoms. The maximum absolute atomic E-state index is 9.24. The molecule has 0 aromatic heterocycles.